The zero-order chi connectivity index (χ0) is 25.8. The highest BCUT2D eigenvalue weighted by molar-refractivity contribution is 7.89. The number of aromatic nitrogens is 1. The number of anilines is 1. The summed E-state index contributed by atoms with van der Waals surface area (Å²) in [7, 11) is -3.69. The maximum Gasteiger partial charge on any atom is 0.338 e. The van der Waals surface area contributed by atoms with E-state index in [2.05, 4.69) is 16.1 Å². The monoisotopic (exact) mass is 494 g/mol. The molecule has 0 unspecified atom stereocenters. The third kappa shape index (κ3) is 5.77. The Balaban J connectivity index is 1.72. The number of benzene rings is 2. The van der Waals surface area contributed by atoms with Gasteiger partial charge in [-0.2, -0.15) is 5.26 Å². The van der Waals surface area contributed by atoms with Crippen molar-refractivity contribution in [1.29, 1.82) is 5.26 Å². The average molecular weight is 495 g/mol. The number of hydrogen-bond donors (Lipinski definition) is 2. The van der Waals surface area contributed by atoms with Crippen molar-refractivity contribution >= 4 is 27.7 Å². The summed E-state index contributed by atoms with van der Waals surface area (Å²) >= 11 is 0. The van der Waals surface area contributed by atoms with Crippen molar-refractivity contribution in [2.24, 2.45) is 0 Å². The lowest BCUT2D eigenvalue weighted by atomic mass is 10.2. The van der Waals surface area contributed by atoms with Gasteiger partial charge in [-0.1, -0.05) is 18.2 Å². The first kappa shape index (κ1) is 25.7. The van der Waals surface area contributed by atoms with Crippen LogP contribution in [0, 0.1) is 25.2 Å². The SMILES string of the molecule is Cc1c(C#N)c(NC(=O)COC(=O)c2ccc(S(=O)(=O)NC(C)C)cc2)n(-c2ccccc2)c1C. The van der Waals surface area contributed by atoms with E-state index in [1.807, 2.05) is 37.3 Å². The molecule has 35 heavy (non-hydrogen) atoms. The van der Waals surface area contributed by atoms with Crippen LogP contribution in [0.15, 0.2) is 59.5 Å². The maximum absolute atomic E-state index is 12.6. The van der Waals surface area contributed by atoms with Gasteiger partial charge in [-0.05, 0) is 69.7 Å². The second-order valence-electron chi connectivity index (χ2n) is 8.14. The van der Waals surface area contributed by atoms with Gasteiger partial charge in [0.25, 0.3) is 5.91 Å². The molecule has 0 fully saturated rings. The van der Waals surface area contributed by atoms with E-state index < -0.39 is 28.5 Å². The Hall–Kier alpha value is -3.94. The number of amides is 1. The highest BCUT2D eigenvalue weighted by atomic mass is 32.2. The largest absolute Gasteiger partial charge is 0.452 e. The first-order valence-electron chi connectivity index (χ1n) is 10.8. The van der Waals surface area contributed by atoms with Gasteiger partial charge < -0.3 is 10.1 Å². The van der Waals surface area contributed by atoms with Crippen molar-refractivity contribution in [3.63, 3.8) is 0 Å². The van der Waals surface area contributed by atoms with Crippen molar-refractivity contribution in [1.82, 2.24) is 9.29 Å². The summed E-state index contributed by atoms with van der Waals surface area (Å²) in [5, 5.41) is 12.3. The summed E-state index contributed by atoms with van der Waals surface area (Å²) < 4.78 is 33.7. The van der Waals surface area contributed by atoms with Crippen LogP contribution in [0.25, 0.3) is 5.69 Å². The molecule has 1 heterocycles. The van der Waals surface area contributed by atoms with E-state index in [4.69, 9.17) is 4.74 Å². The molecule has 2 N–H and O–H groups in total. The number of para-hydroxylation sites is 1. The van der Waals surface area contributed by atoms with Crippen molar-refractivity contribution in [3.8, 4) is 11.8 Å². The number of sulfonamides is 1. The zero-order valence-corrected chi connectivity index (χ0v) is 20.6. The number of ether oxygens (including phenoxy) is 1. The van der Waals surface area contributed by atoms with Gasteiger partial charge in [0.15, 0.2) is 6.61 Å². The molecule has 1 amide bonds. The number of rotatable bonds is 8. The van der Waals surface area contributed by atoms with Gasteiger partial charge in [0.05, 0.1) is 16.0 Å². The molecule has 0 saturated carbocycles. The summed E-state index contributed by atoms with van der Waals surface area (Å²) in [6.07, 6.45) is 0. The second-order valence-corrected chi connectivity index (χ2v) is 9.86. The van der Waals surface area contributed by atoms with Crippen LogP contribution in [0.4, 0.5) is 5.82 Å². The van der Waals surface area contributed by atoms with E-state index in [1.165, 1.54) is 24.3 Å². The van der Waals surface area contributed by atoms with Crippen LogP contribution in [-0.2, 0) is 19.6 Å². The molecule has 0 saturated heterocycles. The number of esters is 1. The van der Waals surface area contributed by atoms with Crippen molar-refractivity contribution in [2.45, 2.75) is 38.6 Å². The fourth-order valence-corrected chi connectivity index (χ4v) is 4.74. The van der Waals surface area contributed by atoms with Crippen LogP contribution >= 0.6 is 0 Å². The number of nitrogens with zero attached hydrogens (tertiary/aromatic N) is 2. The quantitative estimate of drug-likeness (QED) is 0.461. The highest BCUT2D eigenvalue weighted by Gasteiger charge is 2.22. The summed E-state index contributed by atoms with van der Waals surface area (Å²) in [5.41, 5.74) is 2.70. The molecule has 3 aromatic rings. The fraction of sp³-hybridized carbons (Fsp3) is 0.240. The van der Waals surface area contributed by atoms with Gasteiger partial charge in [0.2, 0.25) is 10.0 Å². The first-order chi connectivity index (χ1) is 16.5. The van der Waals surface area contributed by atoms with Crippen molar-refractivity contribution in [3.05, 3.63) is 77.0 Å². The standard InChI is InChI=1S/C25H26N4O5S/c1-16(2)28-35(32,33)21-12-10-19(11-13-21)25(31)34-15-23(30)27-24-22(14-26)17(3)18(4)29(24)20-8-6-5-7-9-20/h5-13,16,28H,15H2,1-4H3,(H,27,30). The molecular formula is C25H26N4O5S. The molecule has 0 spiro atoms. The van der Waals surface area contributed by atoms with Gasteiger partial charge in [0, 0.05) is 17.4 Å². The molecule has 0 radical (unpaired) electrons. The van der Waals surface area contributed by atoms with E-state index in [1.54, 1.807) is 25.3 Å². The average Bonchev–Trinajstić information content (AvgIpc) is 3.06. The van der Waals surface area contributed by atoms with Gasteiger partial charge in [-0.25, -0.2) is 17.9 Å². The van der Waals surface area contributed by atoms with Gasteiger partial charge in [-0.15, -0.1) is 0 Å². The number of carbonyl (C=O) groups is 2. The molecule has 0 aliphatic rings. The molecule has 182 valence electrons. The predicted molar refractivity (Wildman–Crippen MR) is 131 cm³/mol. The Bertz CT molecular complexity index is 1390. The minimum Gasteiger partial charge on any atom is -0.452 e. The second kappa shape index (κ2) is 10.5. The molecule has 0 aliphatic carbocycles. The molecule has 2 aromatic carbocycles. The van der Waals surface area contributed by atoms with Crippen LogP contribution in [0.3, 0.4) is 0 Å². The minimum absolute atomic E-state index is 0.0111. The minimum atomic E-state index is -3.69. The lowest BCUT2D eigenvalue weighted by Crippen LogP contribution is -2.30. The Kier molecular flexibility index (Phi) is 7.74. The van der Waals surface area contributed by atoms with E-state index in [0.717, 1.165) is 16.9 Å². The van der Waals surface area contributed by atoms with Gasteiger partial charge in [0.1, 0.15) is 11.9 Å². The van der Waals surface area contributed by atoms with Crippen molar-refractivity contribution < 1.29 is 22.7 Å². The molecule has 9 nitrogen and oxygen atoms in total. The van der Waals surface area contributed by atoms with Crippen LogP contribution in [-0.4, -0.2) is 37.5 Å². The Morgan fingerprint density at radius 2 is 1.69 bits per heavy atom. The van der Waals surface area contributed by atoms with Crippen LogP contribution in [0.5, 0.6) is 0 Å². The van der Waals surface area contributed by atoms with Crippen LogP contribution in [0.1, 0.15) is 41.0 Å². The van der Waals surface area contributed by atoms with Crippen molar-refractivity contribution in [2.75, 3.05) is 11.9 Å². The lowest BCUT2D eigenvalue weighted by molar-refractivity contribution is -0.119. The molecule has 0 atom stereocenters. The van der Waals surface area contributed by atoms with E-state index in [9.17, 15) is 23.3 Å². The van der Waals surface area contributed by atoms with E-state index >= 15 is 0 Å². The number of carbonyl (C=O) groups excluding carboxylic acids is 2. The molecule has 0 aliphatic heterocycles. The topological polar surface area (TPSA) is 130 Å². The smallest absolute Gasteiger partial charge is 0.338 e. The third-order valence-corrected chi connectivity index (χ3v) is 6.90. The van der Waals surface area contributed by atoms with E-state index in [0.29, 0.717) is 11.4 Å². The number of nitrogens with one attached hydrogen (secondary N) is 2. The predicted octanol–water partition coefficient (Wildman–Crippen LogP) is 3.45. The molecular weight excluding hydrogens is 468 g/mol. The summed E-state index contributed by atoms with van der Waals surface area (Å²) in [6, 6.07) is 16.3. The first-order valence-corrected chi connectivity index (χ1v) is 12.3. The molecule has 1 aromatic heterocycles. The van der Waals surface area contributed by atoms with Gasteiger partial charge in [-0.3, -0.25) is 9.36 Å². The lowest BCUT2D eigenvalue weighted by Gasteiger charge is -2.13. The van der Waals surface area contributed by atoms with Crippen LogP contribution < -0.4 is 10.0 Å². The molecule has 10 heteroatoms. The number of hydrogen-bond acceptors (Lipinski definition) is 6. The third-order valence-electron chi connectivity index (χ3n) is 5.22. The normalized spacial score (nSPS) is 11.2. The highest BCUT2D eigenvalue weighted by Crippen LogP contribution is 2.29. The van der Waals surface area contributed by atoms with E-state index in [-0.39, 0.29) is 16.5 Å². The Morgan fingerprint density at radius 3 is 2.26 bits per heavy atom. The Labute approximate surface area is 204 Å². The van der Waals surface area contributed by atoms with Crippen LogP contribution in [0.2, 0.25) is 0 Å². The summed E-state index contributed by atoms with van der Waals surface area (Å²) in [5.74, 6) is -1.11. The van der Waals surface area contributed by atoms with Gasteiger partial charge >= 0.3 is 5.97 Å². The molecule has 3 rings (SSSR count). The maximum atomic E-state index is 12.6. The number of nitriles is 1. The Morgan fingerprint density at radius 1 is 1.06 bits per heavy atom. The molecule has 0 bridgehead atoms. The summed E-state index contributed by atoms with van der Waals surface area (Å²) in [6.45, 7) is 6.46. The fourth-order valence-electron chi connectivity index (χ4n) is 3.49. The zero-order valence-electron chi connectivity index (χ0n) is 19.8. The summed E-state index contributed by atoms with van der Waals surface area (Å²) in [4.78, 5) is 25.0.